The Hall–Kier alpha value is -3.40. The first-order valence-electron chi connectivity index (χ1n) is 12.3. The fraction of sp³-hybridized carbons (Fsp3) is 0.241. The fourth-order valence-electron chi connectivity index (χ4n) is 4.73. The van der Waals surface area contributed by atoms with Crippen LogP contribution in [0, 0.1) is 18.6 Å². The third-order valence-corrected chi connectivity index (χ3v) is 8.31. The molecule has 1 fully saturated rings. The number of amides is 1. The molecule has 1 saturated heterocycles. The van der Waals surface area contributed by atoms with Crippen LogP contribution in [0.25, 0.3) is 10.9 Å². The molecule has 1 aliphatic heterocycles. The Kier molecular flexibility index (Phi) is 7.93. The van der Waals surface area contributed by atoms with E-state index in [-0.39, 0.29) is 40.5 Å². The maximum atomic E-state index is 15.3. The Morgan fingerprint density at radius 1 is 1.13 bits per heavy atom. The Balaban J connectivity index is 1.35. The van der Waals surface area contributed by atoms with Crippen LogP contribution in [0.1, 0.15) is 28.0 Å². The first-order chi connectivity index (χ1) is 18.7. The van der Waals surface area contributed by atoms with E-state index < -0.39 is 11.8 Å². The average molecular weight is 571 g/mol. The Labute approximate surface area is 233 Å². The second-order valence-electron chi connectivity index (χ2n) is 9.38. The number of carboxylic acid groups (broad SMARTS) is 1. The van der Waals surface area contributed by atoms with Crippen LogP contribution < -0.4 is 0 Å². The molecule has 1 amide bonds. The Bertz CT molecular complexity index is 1560. The molecule has 5 rings (SSSR count). The molecule has 3 aromatic carbocycles. The van der Waals surface area contributed by atoms with Gasteiger partial charge in [0, 0.05) is 34.0 Å². The number of halogens is 3. The van der Waals surface area contributed by atoms with Crippen molar-refractivity contribution in [1.82, 2.24) is 9.47 Å². The lowest BCUT2D eigenvalue weighted by atomic mass is 10.2. The summed E-state index contributed by atoms with van der Waals surface area (Å²) in [7, 11) is 0. The zero-order valence-electron chi connectivity index (χ0n) is 21.0. The molecule has 0 aliphatic carbocycles. The lowest BCUT2D eigenvalue weighted by Crippen LogP contribution is -2.33. The number of hydrogen-bond donors (Lipinski definition) is 1. The van der Waals surface area contributed by atoms with E-state index in [0.717, 1.165) is 10.5 Å². The number of benzene rings is 3. The van der Waals surface area contributed by atoms with E-state index in [9.17, 15) is 19.1 Å². The molecule has 0 spiro atoms. The van der Waals surface area contributed by atoms with Gasteiger partial charge in [0.1, 0.15) is 12.4 Å². The van der Waals surface area contributed by atoms with Gasteiger partial charge >= 0.3 is 5.97 Å². The smallest absolute Gasteiger partial charge is 0.335 e. The van der Waals surface area contributed by atoms with Gasteiger partial charge in [-0.05, 0) is 61.4 Å². The molecule has 1 N–H and O–H groups in total. The van der Waals surface area contributed by atoms with Crippen molar-refractivity contribution >= 4 is 46.1 Å². The van der Waals surface area contributed by atoms with Crippen molar-refractivity contribution in [3.05, 3.63) is 94.1 Å². The van der Waals surface area contributed by atoms with Gasteiger partial charge in [-0.3, -0.25) is 4.79 Å². The van der Waals surface area contributed by atoms with Crippen LogP contribution in [-0.4, -0.2) is 45.6 Å². The Morgan fingerprint density at radius 2 is 1.90 bits per heavy atom. The molecule has 0 radical (unpaired) electrons. The van der Waals surface area contributed by atoms with Crippen LogP contribution in [0.5, 0.6) is 0 Å². The number of hydrogen-bond acceptors (Lipinski definition) is 4. The molecule has 0 bridgehead atoms. The summed E-state index contributed by atoms with van der Waals surface area (Å²) in [6, 6.07) is 15.8. The van der Waals surface area contributed by atoms with Gasteiger partial charge in [0.2, 0.25) is 5.91 Å². The Morgan fingerprint density at radius 3 is 2.64 bits per heavy atom. The van der Waals surface area contributed by atoms with Gasteiger partial charge in [0.25, 0.3) is 0 Å². The highest BCUT2D eigenvalue weighted by atomic mass is 35.5. The second kappa shape index (κ2) is 11.4. The number of carbonyl (C=O) groups is 2. The molecular weight excluding hydrogens is 546 g/mol. The normalized spacial score (nSPS) is 15.3. The highest BCUT2D eigenvalue weighted by molar-refractivity contribution is 7.99. The second-order valence-corrected chi connectivity index (χ2v) is 10.9. The number of nitrogens with zero attached hydrogens (tertiary/aromatic N) is 2. The number of ether oxygens (including phenoxy) is 1. The van der Waals surface area contributed by atoms with Gasteiger partial charge in [-0.2, -0.15) is 0 Å². The largest absolute Gasteiger partial charge is 0.478 e. The van der Waals surface area contributed by atoms with Crippen LogP contribution in [0.4, 0.5) is 8.78 Å². The molecule has 2 heterocycles. The summed E-state index contributed by atoms with van der Waals surface area (Å²) in [6.45, 7) is 2.97. The van der Waals surface area contributed by atoms with Gasteiger partial charge < -0.3 is 19.3 Å². The lowest BCUT2D eigenvalue weighted by Gasteiger charge is -2.18. The molecule has 202 valence electrons. The van der Waals surface area contributed by atoms with Crippen molar-refractivity contribution in [2.75, 3.05) is 13.1 Å². The van der Waals surface area contributed by atoms with Crippen LogP contribution in [0.3, 0.4) is 0 Å². The summed E-state index contributed by atoms with van der Waals surface area (Å²) in [5.41, 5.74) is 1.90. The fourth-order valence-corrected chi connectivity index (χ4v) is 5.98. The topological polar surface area (TPSA) is 71.8 Å². The van der Waals surface area contributed by atoms with Crippen LogP contribution >= 0.6 is 23.4 Å². The van der Waals surface area contributed by atoms with Crippen molar-refractivity contribution < 1.29 is 28.2 Å². The highest BCUT2D eigenvalue weighted by Crippen LogP contribution is 2.40. The van der Waals surface area contributed by atoms with Gasteiger partial charge in [0.15, 0.2) is 5.82 Å². The quantitative estimate of drug-likeness (QED) is 0.260. The number of carboxylic acids is 1. The van der Waals surface area contributed by atoms with Gasteiger partial charge in [-0.25, -0.2) is 13.6 Å². The van der Waals surface area contributed by atoms with E-state index in [0.29, 0.717) is 42.1 Å². The third-order valence-electron chi connectivity index (χ3n) is 6.81. The van der Waals surface area contributed by atoms with Gasteiger partial charge in [-0.15, -0.1) is 0 Å². The molecule has 0 saturated carbocycles. The standard InChI is InChI=1S/C29H25ClF2N2O4S/c1-17-28(39-22-4-2-3-19(13-22)29(36)37)23-9-10-24(30)26(32)27(23)34(17)15-25(35)33-12-11-21(14-33)38-16-18-5-7-20(31)8-6-18/h2-10,13,21H,11-12,14-16H2,1H3,(H,36,37)/t21-/m0/s1. The van der Waals surface area contributed by atoms with E-state index in [1.54, 1.807) is 45.9 Å². The number of fused-ring (bicyclic) bond motifs is 1. The number of rotatable bonds is 8. The molecule has 6 nitrogen and oxygen atoms in total. The van der Waals surface area contributed by atoms with Crippen molar-refractivity contribution in [3.63, 3.8) is 0 Å². The summed E-state index contributed by atoms with van der Waals surface area (Å²) in [5.74, 6) is -2.13. The molecule has 1 aromatic heterocycles. The minimum atomic E-state index is -1.04. The lowest BCUT2D eigenvalue weighted by molar-refractivity contribution is -0.131. The highest BCUT2D eigenvalue weighted by Gasteiger charge is 2.29. The summed E-state index contributed by atoms with van der Waals surface area (Å²) in [4.78, 5) is 27.9. The summed E-state index contributed by atoms with van der Waals surface area (Å²) >= 11 is 7.43. The maximum absolute atomic E-state index is 15.3. The van der Waals surface area contributed by atoms with Crippen molar-refractivity contribution in [2.24, 2.45) is 0 Å². The average Bonchev–Trinajstić information content (AvgIpc) is 3.50. The molecule has 4 aromatic rings. The molecule has 1 aliphatic rings. The first kappa shape index (κ1) is 27.2. The van der Waals surface area contributed by atoms with Gasteiger partial charge in [0.05, 0.1) is 28.8 Å². The summed E-state index contributed by atoms with van der Waals surface area (Å²) < 4.78 is 36.0. The minimum absolute atomic E-state index is 0.0476. The monoisotopic (exact) mass is 570 g/mol. The van der Waals surface area contributed by atoms with Crippen LogP contribution in [0.15, 0.2) is 70.5 Å². The molecular formula is C29H25ClF2N2O4S. The van der Waals surface area contributed by atoms with Gasteiger partial charge in [-0.1, -0.05) is 41.6 Å². The minimum Gasteiger partial charge on any atom is -0.478 e. The predicted molar refractivity (Wildman–Crippen MR) is 145 cm³/mol. The van der Waals surface area contributed by atoms with E-state index in [4.69, 9.17) is 16.3 Å². The third kappa shape index (κ3) is 5.80. The van der Waals surface area contributed by atoms with E-state index in [2.05, 4.69) is 0 Å². The zero-order chi connectivity index (χ0) is 27.7. The van der Waals surface area contributed by atoms with E-state index >= 15 is 4.39 Å². The molecule has 1 atom stereocenters. The van der Waals surface area contributed by atoms with Crippen LogP contribution in [0.2, 0.25) is 5.02 Å². The van der Waals surface area contributed by atoms with E-state index in [1.165, 1.54) is 36.0 Å². The number of likely N-dealkylation sites (tertiary alicyclic amines) is 1. The summed E-state index contributed by atoms with van der Waals surface area (Å²) in [5, 5.41) is 9.90. The van der Waals surface area contributed by atoms with Crippen molar-refractivity contribution in [2.45, 2.75) is 42.4 Å². The number of carbonyl (C=O) groups excluding carboxylic acids is 1. The van der Waals surface area contributed by atoms with E-state index in [1.807, 2.05) is 6.92 Å². The van der Waals surface area contributed by atoms with Crippen molar-refractivity contribution in [1.29, 1.82) is 0 Å². The molecule has 0 unspecified atom stereocenters. The number of aromatic nitrogens is 1. The molecule has 10 heteroatoms. The summed E-state index contributed by atoms with van der Waals surface area (Å²) in [6.07, 6.45) is 0.514. The first-order valence-corrected chi connectivity index (χ1v) is 13.5. The SMILES string of the molecule is Cc1c(Sc2cccc(C(=O)O)c2)c2ccc(Cl)c(F)c2n1CC(=O)N1CC[C@H](OCc2ccc(F)cc2)C1. The molecule has 39 heavy (non-hydrogen) atoms. The zero-order valence-corrected chi connectivity index (χ0v) is 22.6. The number of aromatic carboxylic acids is 1. The van der Waals surface area contributed by atoms with Crippen LogP contribution in [-0.2, 0) is 22.7 Å². The predicted octanol–water partition coefficient (Wildman–Crippen LogP) is 6.55. The van der Waals surface area contributed by atoms with Crippen molar-refractivity contribution in [3.8, 4) is 0 Å². The maximum Gasteiger partial charge on any atom is 0.335 e.